The van der Waals surface area contributed by atoms with Crippen LogP contribution in [0.4, 0.5) is 0 Å². The van der Waals surface area contributed by atoms with E-state index in [0.29, 0.717) is 6.04 Å². The summed E-state index contributed by atoms with van der Waals surface area (Å²) < 4.78 is 0. The van der Waals surface area contributed by atoms with Gasteiger partial charge < -0.3 is 15.0 Å². The molecule has 2 fully saturated rings. The molecule has 5 heteroatoms. The lowest BCUT2D eigenvalue weighted by Gasteiger charge is -2.21. The quantitative estimate of drug-likeness (QED) is 0.727. The van der Waals surface area contributed by atoms with Crippen molar-refractivity contribution >= 4 is 6.79 Å². The maximum Gasteiger partial charge on any atom is 0.106 e. The van der Waals surface area contributed by atoms with Crippen LogP contribution in [-0.4, -0.2) is 43.5 Å². The van der Waals surface area contributed by atoms with E-state index >= 15 is 0 Å². The first-order chi connectivity index (χ1) is 9.42. The van der Waals surface area contributed by atoms with Crippen molar-refractivity contribution in [3.8, 4) is 0 Å². The lowest BCUT2D eigenvalue weighted by molar-refractivity contribution is -0.0980. The summed E-state index contributed by atoms with van der Waals surface area (Å²) in [7, 11) is 1.76. The molecular formula is C15H35N3O2. The largest absolute Gasteiger partial charge is 0.368 e. The van der Waals surface area contributed by atoms with E-state index in [1.807, 2.05) is 41.4 Å². The summed E-state index contributed by atoms with van der Waals surface area (Å²) in [5.41, 5.74) is 2.55. The molecule has 122 valence electrons. The summed E-state index contributed by atoms with van der Waals surface area (Å²) in [6.45, 7) is 18.3. The Morgan fingerprint density at radius 3 is 2.25 bits per heavy atom. The van der Waals surface area contributed by atoms with Gasteiger partial charge in [0.05, 0.1) is 11.4 Å². The molecule has 0 aromatic carbocycles. The molecule has 0 aromatic heterocycles. The molecule has 2 aliphatic heterocycles. The summed E-state index contributed by atoms with van der Waals surface area (Å²) in [5, 5.41) is 3.35. The zero-order valence-corrected chi connectivity index (χ0v) is 14.1. The van der Waals surface area contributed by atoms with Crippen LogP contribution in [0.15, 0.2) is 12.4 Å². The maximum absolute atomic E-state index is 8.00. The number of hydrogen-bond acceptors (Lipinski definition) is 5. The van der Waals surface area contributed by atoms with Crippen molar-refractivity contribution in [1.29, 1.82) is 0 Å². The number of rotatable bonds is 1. The highest BCUT2D eigenvalue weighted by Gasteiger charge is 2.27. The molecule has 2 heterocycles. The second-order valence-corrected chi connectivity index (χ2v) is 5.29. The van der Waals surface area contributed by atoms with Crippen LogP contribution in [0.5, 0.6) is 0 Å². The molecule has 2 saturated heterocycles. The molecular weight excluding hydrogens is 254 g/mol. The van der Waals surface area contributed by atoms with Crippen molar-refractivity contribution < 1.29 is 11.1 Å². The fourth-order valence-electron chi connectivity index (χ4n) is 1.97. The van der Waals surface area contributed by atoms with Gasteiger partial charge in [0.15, 0.2) is 0 Å². The van der Waals surface area contributed by atoms with E-state index in [0.717, 1.165) is 5.82 Å². The molecule has 0 spiro atoms. The minimum Gasteiger partial charge on any atom is -0.368 e. The van der Waals surface area contributed by atoms with E-state index in [9.17, 15) is 0 Å². The van der Waals surface area contributed by atoms with Crippen LogP contribution in [0, 0.1) is 0 Å². The molecule has 0 aliphatic carbocycles. The first-order valence-corrected chi connectivity index (χ1v) is 7.26. The van der Waals surface area contributed by atoms with Gasteiger partial charge >= 0.3 is 0 Å². The van der Waals surface area contributed by atoms with Crippen LogP contribution < -0.4 is 10.8 Å². The van der Waals surface area contributed by atoms with E-state index in [4.69, 9.17) is 9.63 Å². The van der Waals surface area contributed by atoms with Crippen molar-refractivity contribution in [3.05, 3.63) is 12.4 Å². The molecule has 0 unspecified atom stereocenters. The van der Waals surface area contributed by atoms with Crippen LogP contribution in [-0.2, 0) is 9.63 Å². The predicted octanol–water partition coefficient (Wildman–Crippen LogP) is 2.55. The van der Waals surface area contributed by atoms with E-state index in [2.05, 4.69) is 22.3 Å². The van der Waals surface area contributed by atoms with Crippen LogP contribution in [0.25, 0.3) is 0 Å². The van der Waals surface area contributed by atoms with Crippen LogP contribution in [0.2, 0.25) is 0 Å². The topological polar surface area (TPSA) is 53.6 Å². The molecule has 0 radical (unpaired) electrons. The number of piperidine rings is 1. The molecule has 1 atom stereocenters. The van der Waals surface area contributed by atoms with E-state index in [-0.39, 0.29) is 7.03 Å². The van der Waals surface area contributed by atoms with Crippen molar-refractivity contribution in [2.24, 2.45) is 0 Å². The highest BCUT2D eigenvalue weighted by molar-refractivity contribution is 5.11. The monoisotopic (exact) mass is 289 g/mol. The van der Waals surface area contributed by atoms with E-state index in [1.165, 1.54) is 25.9 Å². The minimum atomic E-state index is -0.0608. The van der Waals surface area contributed by atoms with Gasteiger partial charge in [-0.25, -0.2) is 5.48 Å². The highest BCUT2D eigenvalue weighted by atomic mass is 16.7. The maximum atomic E-state index is 8.00. The van der Waals surface area contributed by atoms with Gasteiger partial charge in [-0.15, -0.1) is 0 Å². The van der Waals surface area contributed by atoms with Crippen LogP contribution in [0.3, 0.4) is 0 Å². The summed E-state index contributed by atoms with van der Waals surface area (Å²) in [5.74, 6) is 1.14. The third-order valence-electron chi connectivity index (χ3n) is 2.58. The molecule has 0 saturated carbocycles. The Balaban J connectivity index is -0.000000246. The minimum absolute atomic E-state index is 0. The zero-order chi connectivity index (χ0) is 16.2. The first-order valence-electron chi connectivity index (χ1n) is 7.26. The van der Waals surface area contributed by atoms with Gasteiger partial charge in [0, 0.05) is 27.6 Å². The van der Waals surface area contributed by atoms with E-state index in [1.54, 1.807) is 7.05 Å². The number of fused-ring (bicyclic) bond motifs is 2. The van der Waals surface area contributed by atoms with Crippen molar-refractivity contribution in [1.82, 2.24) is 15.7 Å². The lowest BCUT2D eigenvalue weighted by Crippen LogP contribution is -2.29. The third kappa shape index (κ3) is 9.81. The van der Waals surface area contributed by atoms with Crippen molar-refractivity contribution in [3.63, 3.8) is 0 Å². The number of nitrogens with zero attached hydrogens (tertiary/aromatic N) is 1. The van der Waals surface area contributed by atoms with Crippen molar-refractivity contribution in [2.45, 2.75) is 59.1 Å². The molecule has 0 amide bonds. The highest BCUT2D eigenvalue weighted by Crippen LogP contribution is 2.19. The number of hydroxylamine groups is 1. The summed E-state index contributed by atoms with van der Waals surface area (Å²) in [6, 6.07) is 0.714. The number of carbonyl (C=O) groups is 1. The standard InChI is InChI=1S/C7H12N2.C5H13NO.C2H6.CH2O.H2/c1-6-8-7-3-2-4-9(6)5-7;1-5(2,3)7-6-4;2*1-2;/h7-8H,1-5H2;6H,1-4H3;1-2H3;1H2;1H/t7-;;;;/m1..../s1. The molecule has 0 aromatic rings. The molecule has 2 rings (SSSR count). The second kappa shape index (κ2) is 11.7. The van der Waals surface area contributed by atoms with E-state index < -0.39 is 0 Å². The fraction of sp³-hybridized carbons (Fsp3) is 0.800. The lowest BCUT2D eigenvalue weighted by atomic mass is 10.1. The Hall–Kier alpha value is -1.07. The Kier molecular flexibility index (Phi) is 12.5. The average molecular weight is 289 g/mol. The molecule has 2 aliphatic rings. The molecule has 2 bridgehead atoms. The Labute approximate surface area is 126 Å². The fourth-order valence-corrected chi connectivity index (χ4v) is 1.97. The van der Waals surface area contributed by atoms with Crippen molar-refractivity contribution in [2.75, 3.05) is 20.1 Å². The zero-order valence-electron chi connectivity index (χ0n) is 14.1. The Bertz CT molecular complexity index is 258. The third-order valence-corrected chi connectivity index (χ3v) is 2.58. The van der Waals surface area contributed by atoms with Gasteiger partial charge in [-0.1, -0.05) is 20.4 Å². The van der Waals surface area contributed by atoms with Crippen LogP contribution >= 0.6 is 0 Å². The summed E-state index contributed by atoms with van der Waals surface area (Å²) >= 11 is 0. The Morgan fingerprint density at radius 1 is 1.40 bits per heavy atom. The molecule has 5 nitrogen and oxygen atoms in total. The van der Waals surface area contributed by atoms with Gasteiger partial charge in [-0.05, 0) is 33.6 Å². The Morgan fingerprint density at radius 2 is 1.95 bits per heavy atom. The molecule has 2 N–H and O–H groups in total. The average Bonchev–Trinajstić information content (AvgIpc) is 2.67. The first kappa shape index (κ1) is 21.2. The summed E-state index contributed by atoms with van der Waals surface area (Å²) in [4.78, 5) is 15.3. The summed E-state index contributed by atoms with van der Waals surface area (Å²) in [6.07, 6.45) is 2.66. The van der Waals surface area contributed by atoms with Gasteiger partial charge in [0.2, 0.25) is 0 Å². The second-order valence-electron chi connectivity index (χ2n) is 5.29. The predicted molar refractivity (Wildman–Crippen MR) is 87.4 cm³/mol. The van der Waals surface area contributed by atoms with Gasteiger partial charge in [-0.2, -0.15) is 0 Å². The number of hydrogen-bond donors (Lipinski definition) is 2. The van der Waals surface area contributed by atoms with Gasteiger partial charge in [-0.3, -0.25) is 4.84 Å². The van der Waals surface area contributed by atoms with Gasteiger partial charge in [0.1, 0.15) is 6.79 Å². The van der Waals surface area contributed by atoms with Crippen LogP contribution in [0.1, 0.15) is 48.9 Å². The number of carbonyl (C=O) groups excluding carboxylic acids is 1. The SMILES string of the molecule is C=C1N[C@@H]2CCCN1C2.C=O.CC.CNOC(C)(C)C.[HH]. The van der Waals surface area contributed by atoms with Gasteiger partial charge in [0.25, 0.3) is 0 Å². The number of nitrogens with one attached hydrogen (secondary N) is 2. The normalized spacial score (nSPS) is 19.4. The molecule has 20 heavy (non-hydrogen) atoms. The smallest absolute Gasteiger partial charge is 0.106 e.